The maximum Gasteiger partial charge on any atom is 0.266 e. The standard InChI is InChI=1S/C26H22N2O3/c1-17(2)19-10-7-18(8-11-19)9-16-24(29)27-20-12-14-21(15-13-20)28-25(30)22-5-3-4-6-23(22)26(28)31/h3-17H,1-2H3,(H,27,29)/b16-9+. The fraction of sp³-hybridized carbons (Fsp3) is 0.115. The first-order valence-corrected chi connectivity index (χ1v) is 10.1. The second-order valence-electron chi connectivity index (χ2n) is 7.68. The Hall–Kier alpha value is -3.99. The predicted octanol–water partition coefficient (Wildman–Crippen LogP) is 5.26. The summed E-state index contributed by atoms with van der Waals surface area (Å²) in [6.45, 7) is 4.27. The first kappa shape index (κ1) is 20.3. The summed E-state index contributed by atoms with van der Waals surface area (Å²) in [7, 11) is 0. The third-order valence-electron chi connectivity index (χ3n) is 5.22. The van der Waals surface area contributed by atoms with E-state index >= 15 is 0 Å². The number of amides is 3. The van der Waals surface area contributed by atoms with Crippen LogP contribution in [0.25, 0.3) is 6.08 Å². The number of carbonyl (C=O) groups excluding carboxylic acids is 3. The van der Waals surface area contributed by atoms with Gasteiger partial charge in [-0.2, -0.15) is 0 Å². The van der Waals surface area contributed by atoms with Gasteiger partial charge in [-0.25, -0.2) is 4.90 Å². The molecule has 0 aromatic heterocycles. The van der Waals surface area contributed by atoms with Crippen LogP contribution in [-0.4, -0.2) is 17.7 Å². The third-order valence-corrected chi connectivity index (χ3v) is 5.22. The summed E-state index contributed by atoms with van der Waals surface area (Å²) < 4.78 is 0. The van der Waals surface area contributed by atoms with Crippen molar-refractivity contribution in [1.29, 1.82) is 0 Å². The Labute approximate surface area is 181 Å². The van der Waals surface area contributed by atoms with E-state index in [4.69, 9.17) is 0 Å². The molecule has 31 heavy (non-hydrogen) atoms. The van der Waals surface area contributed by atoms with Gasteiger partial charge in [-0.05, 0) is 59.5 Å². The molecule has 0 bridgehead atoms. The van der Waals surface area contributed by atoms with Crippen LogP contribution in [0.5, 0.6) is 0 Å². The summed E-state index contributed by atoms with van der Waals surface area (Å²) in [5.41, 5.74) is 4.03. The van der Waals surface area contributed by atoms with E-state index in [0.717, 1.165) is 10.5 Å². The molecule has 5 heteroatoms. The molecule has 4 rings (SSSR count). The third kappa shape index (κ3) is 4.16. The number of nitrogens with one attached hydrogen (secondary N) is 1. The molecular weight excluding hydrogens is 388 g/mol. The van der Waals surface area contributed by atoms with Crippen LogP contribution in [0.4, 0.5) is 11.4 Å². The van der Waals surface area contributed by atoms with Gasteiger partial charge in [0, 0.05) is 11.8 Å². The Morgan fingerprint density at radius 1 is 0.839 bits per heavy atom. The lowest BCUT2D eigenvalue weighted by Crippen LogP contribution is -2.29. The monoisotopic (exact) mass is 410 g/mol. The molecule has 0 atom stereocenters. The molecule has 0 saturated heterocycles. The second-order valence-corrected chi connectivity index (χ2v) is 7.68. The molecule has 3 aromatic carbocycles. The maximum absolute atomic E-state index is 12.6. The highest BCUT2D eigenvalue weighted by atomic mass is 16.2. The zero-order valence-electron chi connectivity index (χ0n) is 17.3. The van der Waals surface area contributed by atoms with Crippen molar-refractivity contribution in [2.75, 3.05) is 10.2 Å². The van der Waals surface area contributed by atoms with Crippen molar-refractivity contribution >= 4 is 35.2 Å². The highest BCUT2D eigenvalue weighted by Crippen LogP contribution is 2.29. The number of nitrogens with zero attached hydrogens (tertiary/aromatic N) is 1. The second kappa shape index (κ2) is 8.40. The molecule has 0 spiro atoms. The first-order valence-electron chi connectivity index (χ1n) is 10.1. The zero-order valence-corrected chi connectivity index (χ0v) is 17.3. The highest BCUT2D eigenvalue weighted by molar-refractivity contribution is 6.34. The lowest BCUT2D eigenvalue weighted by Gasteiger charge is -2.14. The summed E-state index contributed by atoms with van der Waals surface area (Å²) >= 11 is 0. The van der Waals surface area contributed by atoms with E-state index in [0.29, 0.717) is 28.4 Å². The first-order chi connectivity index (χ1) is 14.9. The average Bonchev–Trinajstić information content (AvgIpc) is 3.04. The Bertz CT molecular complexity index is 1140. The number of imide groups is 1. The highest BCUT2D eigenvalue weighted by Gasteiger charge is 2.36. The zero-order chi connectivity index (χ0) is 22.0. The minimum absolute atomic E-state index is 0.263. The maximum atomic E-state index is 12.6. The number of benzene rings is 3. The molecule has 3 amide bonds. The number of rotatable bonds is 5. The summed E-state index contributed by atoms with van der Waals surface area (Å²) in [6.07, 6.45) is 3.23. The average molecular weight is 410 g/mol. The van der Waals surface area contributed by atoms with Crippen LogP contribution in [0.1, 0.15) is 51.6 Å². The SMILES string of the molecule is CC(C)c1ccc(/C=C/C(=O)Nc2ccc(N3C(=O)c4ccccc4C3=O)cc2)cc1. The molecule has 154 valence electrons. The number of hydrogen-bond donors (Lipinski definition) is 1. The van der Waals surface area contributed by atoms with Gasteiger partial charge in [-0.15, -0.1) is 0 Å². The number of carbonyl (C=O) groups is 3. The fourth-order valence-electron chi connectivity index (χ4n) is 3.47. The van der Waals surface area contributed by atoms with E-state index in [1.54, 1.807) is 54.6 Å². The van der Waals surface area contributed by atoms with Crippen LogP contribution in [0.2, 0.25) is 0 Å². The Kier molecular flexibility index (Phi) is 5.50. The Morgan fingerprint density at radius 2 is 1.42 bits per heavy atom. The molecule has 1 heterocycles. The normalized spacial score (nSPS) is 13.2. The van der Waals surface area contributed by atoms with Crippen LogP contribution in [0.15, 0.2) is 78.9 Å². The van der Waals surface area contributed by atoms with Gasteiger partial charge in [0.2, 0.25) is 5.91 Å². The molecule has 1 aliphatic rings. The van der Waals surface area contributed by atoms with Crippen molar-refractivity contribution in [2.24, 2.45) is 0 Å². The van der Waals surface area contributed by atoms with Gasteiger partial charge in [-0.3, -0.25) is 14.4 Å². The molecule has 5 nitrogen and oxygen atoms in total. The molecule has 0 fully saturated rings. The largest absolute Gasteiger partial charge is 0.323 e. The van der Waals surface area contributed by atoms with Crippen molar-refractivity contribution < 1.29 is 14.4 Å². The number of anilines is 2. The number of hydrogen-bond acceptors (Lipinski definition) is 3. The molecule has 1 N–H and O–H groups in total. The van der Waals surface area contributed by atoms with Gasteiger partial charge in [0.1, 0.15) is 0 Å². The van der Waals surface area contributed by atoms with E-state index in [1.807, 2.05) is 12.1 Å². The van der Waals surface area contributed by atoms with Gasteiger partial charge < -0.3 is 5.32 Å². The van der Waals surface area contributed by atoms with Gasteiger partial charge in [0.15, 0.2) is 0 Å². The Balaban J connectivity index is 1.41. The lowest BCUT2D eigenvalue weighted by molar-refractivity contribution is -0.111. The molecule has 0 radical (unpaired) electrons. The van der Waals surface area contributed by atoms with Crippen LogP contribution in [0.3, 0.4) is 0 Å². The van der Waals surface area contributed by atoms with E-state index in [-0.39, 0.29) is 17.7 Å². The summed E-state index contributed by atoms with van der Waals surface area (Å²) in [4.78, 5) is 38.5. The predicted molar refractivity (Wildman–Crippen MR) is 122 cm³/mol. The fourth-order valence-corrected chi connectivity index (χ4v) is 3.47. The van der Waals surface area contributed by atoms with E-state index < -0.39 is 0 Å². The molecule has 0 unspecified atom stereocenters. The number of fused-ring (bicyclic) bond motifs is 1. The summed E-state index contributed by atoms with van der Waals surface area (Å²) in [5, 5.41) is 2.79. The van der Waals surface area contributed by atoms with Gasteiger partial charge in [0.05, 0.1) is 16.8 Å². The molecule has 0 saturated carbocycles. The van der Waals surface area contributed by atoms with E-state index in [1.165, 1.54) is 11.6 Å². The van der Waals surface area contributed by atoms with Crippen molar-refractivity contribution in [2.45, 2.75) is 19.8 Å². The van der Waals surface area contributed by atoms with Crippen molar-refractivity contribution in [3.63, 3.8) is 0 Å². The van der Waals surface area contributed by atoms with E-state index in [2.05, 4.69) is 31.3 Å². The van der Waals surface area contributed by atoms with Crippen LogP contribution in [-0.2, 0) is 4.79 Å². The smallest absolute Gasteiger partial charge is 0.266 e. The van der Waals surface area contributed by atoms with Gasteiger partial charge >= 0.3 is 0 Å². The van der Waals surface area contributed by atoms with Crippen LogP contribution < -0.4 is 10.2 Å². The molecule has 1 aliphatic heterocycles. The van der Waals surface area contributed by atoms with E-state index in [9.17, 15) is 14.4 Å². The molecule has 0 aliphatic carbocycles. The summed E-state index contributed by atoms with van der Waals surface area (Å²) in [5.74, 6) is -0.487. The van der Waals surface area contributed by atoms with Gasteiger partial charge in [0.25, 0.3) is 11.8 Å². The van der Waals surface area contributed by atoms with Crippen molar-refractivity contribution in [1.82, 2.24) is 0 Å². The topological polar surface area (TPSA) is 66.5 Å². The summed E-state index contributed by atoms with van der Waals surface area (Å²) in [6, 6.07) is 21.5. The molecular formula is C26H22N2O3. The van der Waals surface area contributed by atoms with Crippen molar-refractivity contribution in [3.8, 4) is 0 Å². The minimum Gasteiger partial charge on any atom is -0.323 e. The Morgan fingerprint density at radius 3 is 1.97 bits per heavy atom. The van der Waals surface area contributed by atoms with Gasteiger partial charge in [-0.1, -0.05) is 50.2 Å². The molecule has 3 aromatic rings. The van der Waals surface area contributed by atoms with Crippen LogP contribution in [0, 0.1) is 0 Å². The van der Waals surface area contributed by atoms with Crippen molar-refractivity contribution in [3.05, 3.63) is 101 Å². The quantitative estimate of drug-likeness (QED) is 0.461. The van der Waals surface area contributed by atoms with Crippen LogP contribution >= 0.6 is 0 Å². The minimum atomic E-state index is -0.344. The lowest BCUT2D eigenvalue weighted by atomic mass is 10.0.